The summed E-state index contributed by atoms with van der Waals surface area (Å²) in [6.07, 6.45) is 7.07. The lowest BCUT2D eigenvalue weighted by molar-refractivity contribution is 0.0899. The highest BCUT2D eigenvalue weighted by molar-refractivity contribution is 6.76. The van der Waals surface area contributed by atoms with E-state index < -0.39 is 8.07 Å². The molecule has 1 atom stereocenters. The highest BCUT2D eigenvalue weighted by atomic mass is 28.3. The molecule has 0 radical (unpaired) electrons. The van der Waals surface area contributed by atoms with Gasteiger partial charge >= 0.3 is 0 Å². The van der Waals surface area contributed by atoms with Crippen LogP contribution in [-0.2, 0) is 18.1 Å². The van der Waals surface area contributed by atoms with Crippen LogP contribution in [0, 0.1) is 0 Å². The van der Waals surface area contributed by atoms with E-state index in [9.17, 15) is 0 Å². The molecule has 5 aromatic rings. The Morgan fingerprint density at radius 1 is 1.05 bits per heavy atom. The third-order valence-electron chi connectivity index (χ3n) is 7.07. The van der Waals surface area contributed by atoms with Gasteiger partial charge in [-0.25, -0.2) is 0 Å². The molecule has 11 heteroatoms. The third-order valence-corrected chi connectivity index (χ3v) is 8.77. The molecular formula is C31H36N6O4Si. The standard InChI is InChI=1S/C31H36N6O4Si/c1-20-17-39-24-10-21(13-33-14-24)18-40-30-28-26(22-6-7-27-23(11-22)12-25(41-20)15-34-27)16-37(19-38-8-9-42(3,4)5)29(28)35-31(32-2)36-30/h6-7,10-16,20H,8-9,17-19H2,1-5H3,(H,32,35,36). The normalized spacial score (nSPS) is 15.3. The quantitative estimate of drug-likeness (QED) is 0.186. The van der Waals surface area contributed by atoms with Gasteiger partial charge in [0.05, 0.1) is 23.3 Å². The number of aromatic nitrogens is 5. The predicted molar refractivity (Wildman–Crippen MR) is 166 cm³/mol. The Hall–Kier alpha value is -4.22. The van der Waals surface area contributed by atoms with Gasteiger partial charge in [0.15, 0.2) is 5.65 Å². The van der Waals surface area contributed by atoms with Crippen molar-refractivity contribution < 1.29 is 18.9 Å². The maximum absolute atomic E-state index is 6.40. The molecule has 5 heterocycles. The van der Waals surface area contributed by atoms with Gasteiger partial charge in [0.25, 0.3) is 0 Å². The fraction of sp³-hybridized carbons (Fsp3) is 0.355. The van der Waals surface area contributed by atoms with Crippen molar-refractivity contribution in [1.29, 1.82) is 0 Å². The minimum atomic E-state index is -1.22. The lowest BCUT2D eigenvalue weighted by Gasteiger charge is -2.16. The van der Waals surface area contributed by atoms with E-state index in [1.165, 1.54) is 0 Å². The molecule has 218 valence electrons. The van der Waals surface area contributed by atoms with Crippen LogP contribution in [0.1, 0.15) is 12.5 Å². The maximum atomic E-state index is 6.40. The van der Waals surface area contributed by atoms with E-state index in [1.807, 2.05) is 29.7 Å². The van der Waals surface area contributed by atoms with E-state index in [2.05, 4.69) is 53.3 Å². The number of fused-ring (bicyclic) bond motifs is 5. The number of pyridine rings is 2. The van der Waals surface area contributed by atoms with Gasteiger partial charge in [-0.1, -0.05) is 25.7 Å². The topological polar surface area (TPSA) is 105 Å². The molecule has 10 nitrogen and oxygen atoms in total. The summed E-state index contributed by atoms with van der Waals surface area (Å²) in [4.78, 5) is 18.6. The molecule has 5 bridgehead atoms. The highest BCUT2D eigenvalue weighted by Crippen LogP contribution is 2.38. The van der Waals surface area contributed by atoms with Crippen molar-refractivity contribution in [3.05, 3.63) is 60.7 Å². The molecule has 4 aromatic heterocycles. The predicted octanol–water partition coefficient (Wildman–Crippen LogP) is 6.13. The number of nitrogens with zero attached hydrogens (tertiary/aromatic N) is 5. The second kappa shape index (κ2) is 11.6. The maximum Gasteiger partial charge on any atom is 0.228 e. The number of nitrogens with one attached hydrogen (secondary N) is 1. The van der Waals surface area contributed by atoms with E-state index >= 15 is 0 Å². The van der Waals surface area contributed by atoms with Gasteiger partial charge in [0.1, 0.15) is 37.5 Å². The van der Waals surface area contributed by atoms with Gasteiger partial charge < -0.3 is 28.8 Å². The van der Waals surface area contributed by atoms with Gasteiger partial charge in [-0.05, 0) is 42.8 Å². The molecule has 42 heavy (non-hydrogen) atoms. The Morgan fingerprint density at radius 2 is 1.93 bits per heavy atom. The number of benzene rings is 1. The Kier molecular flexibility index (Phi) is 7.69. The molecule has 6 rings (SSSR count). The Bertz CT molecular complexity index is 1730. The summed E-state index contributed by atoms with van der Waals surface area (Å²) in [5.74, 6) is 2.25. The summed E-state index contributed by atoms with van der Waals surface area (Å²) in [6.45, 7) is 10.7. The van der Waals surface area contributed by atoms with E-state index in [0.717, 1.165) is 44.7 Å². The number of hydrogen-bond acceptors (Lipinski definition) is 9. The first kappa shape index (κ1) is 27.9. The minimum absolute atomic E-state index is 0.197. The summed E-state index contributed by atoms with van der Waals surface area (Å²) in [7, 11) is 0.574. The Labute approximate surface area is 246 Å². The lowest BCUT2D eigenvalue weighted by atomic mass is 10.0. The van der Waals surface area contributed by atoms with Crippen molar-refractivity contribution in [1.82, 2.24) is 24.5 Å². The fourth-order valence-electron chi connectivity index (χ4n) is 4.83. The van der Waals surface area contributed by atoms with Gasteiger partial charge in [-0.3, -0.25) is 9.97 Å². The lowest BCUT2D eigenvalue weighted by Crippen LogP contribution is -2.22. The van der Waals surface area contributed by atoms with Crippen LogP contribution < -0.4 is 19.5 Å². The zero-order chi connectivity index (χ0) is 29.3. The molecule has 1 aliphatic heterocycles. The first-order chi connectivity index (χ1) is 20.3. The van der Waals surface area contributed by atoms with Crippen LogP contribution in [-0.4, -0.2) is 58.9 Å². The molecule has 1 aromatic carbocycles. The average Bonchev–Trinajstić information content (AvgIpc) is 3.34. The van der Waals surface area contributed by atoms with Gasteiger partial charge in [0, 0.05) is 50.6 Å². The monoisotopic (exact) mass is 584 g/mol. The van der Waals surface area contributed by atoms with Crippen LogP contribution in [0.3, 0.4) is 0 Å². The summed E-state index contributed by atoms with van der Waals surface area (Å²) >= 11 is 0. The zero-order valence-electron chi connectivity index (χ0n) is 24.7. The van der Waals surface area contributed by atoms with Gasteiger partial charge in [0.2, 0.25) is 11.8 Å². The highest BCUT2D eigenvalue weighted by Gasteiger charge is 2.21. The first-order valence-electron chi connectivity index (χ1n) is 14.2. The van der Waals surface area contributed by atoms with Gasteiger partial charge in [-0.15, -0.1) is 0 Å². The molecule has 0 aliphatic carbocycles. The third kappa shape index (κ3) is 6.17. The fourth-order valence-corrected chi connectivity index (χ4v) is 5.58. The molecule has 0 spiro atoms. The zero-order valence-corrected chi connectivity index (χ0v) is 25.7. The second-order valence-corrected chi connectivity index (χ2v) is 17.4. The largest absolute Gasteiger partial charge is 0.488 e. The van der Waals surface area contributed by atoms with E-state index in [4.69, 9.17) is 28.9 Å². The smallest absolute Gasteiger partial charge is 0.228 e. The molecule has 1 N–H and O–H groups in total. The van der Waals surface area contributed by atoms with Gasteiger partial charge in [-0.2, -0.15) is 9.97 Å². The molecule has 1 unspecified atom stereocenters. The number of ether oxygens (including phenoxy) is 4. The van der Waals surface area contributed by atoms with E-state index in [0.29, 0.717) is 43.3 Å². The van der Waals surface area contributed by atoms with Crippen molar-refractivity contribution in [2.45, 2.75) is 52.1 Å². The SMILES string of the molecule is CNc1nc2c3c(cn(COCC[Si](C)(C)C)c3n1)-c1ccc3ncc(cc3c1)OC(C)COc1cncc(c1)CO2. The Morgan fingerprint density at radius 3 is 2.76 bits per heavy atom. The van der Waals surface area contributed by atoms with Crippen molar-refractivity contribution in [3.8, 4) is 28.5 Å². The Balaban J connectivity index is 1.49. The molecule has 1 aliphatic rings. The van der Waals surface area contributed by atoms with Crippen LogP contribution in [0.25, 0.3) is 33.1 Å². The average molecular weight is 585 g/mol. The first-order valence-corrected chi connectivity index (χ1v) is 17.9. The van der Waals surface area contributed by atoms with Crippen molar-refractivity contribution >= 4 is 36.0 Å². The van der Waals surface area contributed by atoms with E-state index in [1.54, 1.807) is 25.6 Å². The minimum Gasteiger partial charge on any atom is -0.488 e. The number of rotatable bonds is 6. The van der Waals surface area contributed by atoms with Crippen molar-refractivity contribution in [3.63, 3.8) is 0 Å². The number of hydrogen-bond donors (Lipinski definition) is 1. The summed E-state index contributed by atoms with van der Waals surface area (Å²) in [6, 6.07) is 11.2. The van der Waals surface area contributed by atoms with Crippen LogP contribution in [0.2, 0.25) is 25.7 Å². The molecule has 0 saturated carbocycles. The van der Waals surface area contributed by atoms with Crippen LogP contribution in [0.15, 0.2) is 55.1 Å². The summed E-state index contributed by atoms with van der Waals surface area (Å²) < 4.78 is 26.7. The molecule has 0 amide bonds. The molecular weight excluding hydrogens is 548 g/mol. The van der Waals surface area contributed by atoms with E-state index in [-0.39, 0.29) is 12.7 Å². The van der Waals surface area contributed by atoms with Crippen LogP contribution in [0.5, 0.6) is 17.4 Å². The number of anilines is 1. The van der Waals surface area contributed by atoms with Crippen LogP contribution >= 0.6 is 0 Å². The summed E-state index contributed by atoms with van der Waals surface area (Å²) in [5, 5.41) is 4.85. The second-order valence-electron chi connectivity index (χ2n) is 11.8. The van der Waals surface area contributed by atoms with Crippen molar-refractivity contribution in [2.75, 3.05) is 25.6 Å². The molecule has 0 saturated heterocycles. The van der Waals surface area contributed by atoms with Crippen molar-refractivity contribution in [2.24, 2.45) is 0 Å². The van der Waals surface area contributed by atoms with Crippen LogP contribution in [0.4, 0.5) is 5.95 Å². The molecule has 0 fully saturated rings. The summed E-state index contributed by atoms with van der Waals surface area (Å²) in [5.41, 5.74) is 4.39.